The van der Waals surface area contributed by atoms with E-state index in [1.807, 2.05) is 0 Å². The maximum Gasteiger partial charge on any atom is 0.242 e. The van der Waals surface area contributed by atoms with Crippen molar-refractivity contribution in [3.8, 4) is 5.75 Å². The van der Waals surface area contributed by atoms with Crippen molar-refractivity contribution < 1.29 is 14.7 Å². The van der Waals surface area contributed by atoms with E-state index in [0.29, 0.717) is 25.1 Å². The highest BCUT2D eigenvalue weighted by Gasteiger charge is 2.23. The van der Waals surface area contributed by atoms with Gasteiger partial charge in [-0.3, -0.25) is 9.59 Å². The molecule has 122 valence electrons. The highest BCUT2D eigenvalue weighted by atomic mass is 16.3. The molecule has 1 fully saturated rings. The molecule has 0 aromatic heterocycles. The van der Waals surface area contributed by atoms with Crippen molar-refractivity contribution in [2.45, 2.75) is 18.9 Å². The molecule has 2 amide bonds. The van der Waals surface area contributed by atoms with Gasteiger partial charge in [0.05, 0.1) is 18.7 Å². The Balaban J connectivity index is 1.91. The zero-order valence-corrected chi connectivity index (χ0v) is 12.7. The number of aromatic hydroxyl groups is 1. The van der Waals surface area contributed by atoms with Crippen LogP contribution in [0.25, 0.3) is 0 Å². The van der Waals surface area contributed by atoms with Crippen LogP contribution in [0.2, 0.25) is 0 Å². The Labute approximate surface area is 134 Å². The Hall–Kier alpha value is -2.67. The lowest BCUT2D eigenvalue weighted by molar-refractivity contribution is -0.129. The number of nitrogens with one attached hydrogen (secondary N) is 3. The monoisotopic (exact) mass is 316 g/mol. The van der Waals surface area contributed by atoms with Gasteiger partial charge in [0.25, 0.3) is 0 Å². The number of hydrogen-bond donors (Lipinski definition) is 4. The summed E-state index contributed by atoms with van der Waals surface area (Å²) in [6, 6.07) is 4.73. The number of amides is 2. The van der Waals surface area contributed by atoms with E-state index in [2.05, 4.69) is 27.7 Å². The summed E-state index contributed by atoms with van der Waals surface area (Å²) in [5.41, 5.74) is 3.59. The lowest BCUT2D eigenvalue weighted by Gasteiger charge is -2.22. The molecule has 4 N–H and O–H groups in total. The zero-order chi connectivity index (χ0) is 16.7. The summed E-state index contributed by atoms with van der Waals surface area (Å²) in [5, 5.41) is 19.5. The Morgan fingerprint density at radius 1 is 1.48 bits per heavy atom. The fourth-order valence-corrected chi connectivity index (χ4v) is 2.25. The molecule has 2 rings (SSSR count). The predicted octanol–water partition coefficient (Wildman–Crippen LogP) is 0.0489. The van der Waals surface area contributed by atoms with Crippen LogP contribution in [-0.4, -0.2) is 42.3 Å². The van der Waals surface area contributed by atoms with E-state index in [1.54, 1.807) is 24.3 Å². The topological polar surface area (TPSA) is 103 Å². The molecule has 1 heterocycles. The normalized spacial score (nSPS) is 17.7. The zero-order valence-electron chi connectivity index (χ0n) is 12.7. The standard InChI is InChI=1S/C16H20N4O3/c1-2-4-11-5-3-6-12(15(11)22)10-19-20-14(21)9-13-16(23)18-8-7-17-13/h2-3,5-6,10,13,17,22H,1,4,7-9H2,(H,18,23)(H,20,21)/b19-10-/t13-/m1/s1. The van der Waals surface area contributed by atoms with Crippen LogP contribution in [0.3, 0.4) is 0 Å². The summed E-state index contributed by atoms with van der Waals surface area (Å²) < 4.78 is 0. The van der Waals surface area contributed by atoms with E-state index < -0.39 is 6.04 Å². The smallest absolute Gasteiger partial charge is 0.242 e. The van der Waals surface area contributed by atoms with Gasteiger partial charge in [-0.15, -0.1) is 6.58 Å². The Kier molecular flexibility index (Phi) is 5.87. The largest absolute Gasteiger partial charge is 0.507 e. The van der Waals surface area contributed by atoms with Crippen molar-refractivity contribution in [1.82, 2.24) is 16.1 Å². The number of nitrogens with zero attached hydrogens (tertiary/aromatic N) is 1. The van der Waals surface area contributed by atoms with E-state index >= 15 is 0 Å². The van der Waals surface area contributed by atoms with Gasteiger partial charge in [0.1, 0.15) is 5.75 Å². The molecule has 0 aliphatic carbocycles. The third-order valence-corrected chi connectivity index (χ3v) is 3.43. The van der Waals surface area contributed by atoms with Crippen molar-refractivity contribution in [3.05, 3.63) is 42.0 Å². The molecule has 23 heavy (non-hydrogen) atoms. The third-order valence-electron chi connectivity index (χ3n) is 3.43. The van der Waals surface area contributed by atoms with E-state index in [4.69, 9.17) is 0 Å². The third kappa shape index (κ3) is 4.65. The average molecular weight is 316 g/mol. The molecule has 1 aromatic carbocycles. The number of rotatable bonds is 6. The molecule has 7 nitrogen and oxygen atoms in total. The van der Waals surface area contributed by atoms with E-state index in [0.717, 1.165) is 5.56 Å². The van der Waals surface area contributed by atoms with Crippen LogP contribution < -0.4 is 16.1 Å². The molecule has 0 unspecified atom stereocenters. The maximum atomic E-state index is 11.8. The van der Waals surface area contributed by atoms with Crippen LogP contribution in [0.1, 0.15) is 17.5 Å². The number of benzene rings is 1. The summed E-state index contributed by atoms with van der Waals surface area (Å²) in [6.45, 7) is 4.83. The van der Waals surface area contributed by atoms with Crippen molar-refractivity contribution >= 4 is 18.0 Å². The number of carbonyl (C=O) groups excluding carboxylic acids is 2. The molecule has 1 atom stereocenters. The van der Waals surface area contributed by atoms with Crippen LogP contribution in [0, 0.1) is 0 Å². The molecule has 0 radical (unpaired) electrons. The van der Waals surface area contributed by atoms with E-state index in [1.165, 1.54) is 6.21 Å². The Morgan fingerprint density at radius 2 is 2.30 bits per heavy atom. The summed E-state index contributed by atoms with van der Waals surface area (Å²) in [7, 11) is 0. The minimum Gasteiger partial charge on any atom is -0.507 e. The van der Waals surface area contributed by atoms with Gasteiger partial charge >= 0.3 is 0 Å². The number of allylic oxidation sites excluding steroid dienone is 1. The van der Waals surface area contributed by atoms with Crippen molar-refractivity contribution in [3.63, 3.8) is 0 Å². The van der Waals surface area contributed by atoms with Crippen molar-refractivity contribution in [2.24, 2.45) is 5.10 Å². The van der Waals surface area contributed by atoms with Gasteiger partial charge in [-0.2, -0.15) is 5.10 Å². The van der Waals surface area contributed by atoms with Crippen LogP contribution in [0.4, 0.5) is 0 Å². The first-order valence-corrected chi connectivity index (χ1v) is 7.36. The second-order valence-electron chi connectivity index (χ2n) is 5.14. The Morgan fingerprint density at radius 3 is 3.04 bits per heavy atom. The molecule has 1 saturated heterocycles. The quantitative estimate of drug-likeness (QED) is 0.338. The first-order valence-electron chi connectivity index (χ1n) is 7.36. The molecule has 0 spiro atoms. The van der Waals surface area contributed by atoms with Crippen LogP contribution in [0.5, 0.6) is 5.75 Å². The molecule has 1 aliphatic heterocycles. The molecule has 1 aliphatic rings. The molecular weight excluding hydrogens is 296 g/mol. The van der Waals surface area contributed by atoms with Gasteiger partial charge in [0, 0.05) is 18.7 Å². The maximum absolute atomic E-state index is 11.8. The van der Waals surface area contributed by atoms with Gasteiger partial charge in [-0.05, 0) is 18.1 Å². The second kappa shape index (κ2) is 8.09. The predicted molar refractivity (Wildman–Crippen MR) is 87.2 cm³/mol. The average Bonchev–Trinajstić information content (AvgIpc) is 2.53. The number of piperazine rings is 1. The number of para-hydroxylation sites is 1. The minimum atomic E-state index is -0.539. The Bertz CT molecular complexity index is 628. The number of phenols is 1. The van der Waals surface area contributed by atoms with Crippen LogP contribution in [0.15, 0.2) is 36.0 Å². The summed E-state index contributed by atoms with van der Waals surface area (Å²) >= 11 is 0. The molecular formula is C16H20N4O3. The van der Waals surface area contributed by atoms with Crippen molar-refractivity contribution in [2.75, 3.05) is 13.1 Å². The van der Waals surface area contributed by atoms with E-state index in [9.17, 15) is 14.7 Å². The highest BCUT2D eigenvalue weighted by Crippen LogP contribution is 2.21. The number of hydrazone groups is 1. The van der Waals surface area contributed by atoms with Crippen molar-refractivity contribution in [1.29, 1.82) is 0 Å². The molecule has 0 bridgehead atoms. The van der Waals surface area contributed by atoms with Gasteiger partial charge in [-0.1, -0.05) is 18.2 Å². The molecule has 7 heteroatoms. The molecule has 0 saturated carbocycles. The van der Waals surface area contributed by atoms with Gasteiger partial charge in [-0.25, -0.2) is 5.43 Å². The lowest BCUT2D eigenvalue weighted by Crippen LogP contribution is -2.54. The van der Waals surface area contributed by atoms with E-state index in [-0.39, 0.29) is 24.0 Å². The van der Waals surface area contributed by atoms with Gasteiger partial charge in [0.15, 0.2) is 0 Å². The number of carbonyl (C=O) groups is 2. The minimum absolute atomic E-state index is 0.00561. The number of phenolic OH excluding ortho intramolecular Hbond substituents is 1. The SMILES string of the molecule is C=CCc1cccc(/C=N\NC(=O)C[C@H]2NCCNC2=O)c1O. The summed E-state index contributed by atoms with van der Waals surface area (Å²) in [6.07, 6.45) is 3.61. The fraction of sp³-hybridized carbons (Fsp3) is 0.312. The first kappa shape index (κ1) is 16.7. The molecule has 1 aromatic rings. The summed E-state index contributed by atoms with van der Waals surface area (Å²) in [4.78, 5) is 23.3. The number of hydrogen-bond acceptors (Lipinski definition) is 5. The lowest BCUT2D eigenvalue weighted by atomic mass is 10.1. The van der Waals surface area contributed by atoms with Crippen LogP contribution in [-0.2, 0) is 16.0 Å². The second-order valence-corrected chi connectivity index (χ2v) is 5.14. The fourth-order valence-electron chi connectivity index (χ4n) is 2.25. The first-order chi connectivity index (χ1) is 11.1. The highest BCUT2D eigenvalue weighted by molar-refractivity contribution is 5.90. The van der Waals surface area contributed by atoms with Gasteiger partial charge in [0.2, 0.25) is 11.8 Å². The van der Waals surface area contributed by atoms with Gasteiger partial charge < -0.3 is 15.7 Å². The summed E-state index contributed by atoms with van der Waals surface area (Å²) in [5.74, 6) is -0.457. The van der Waals surface area contributed by atoms with Crippen LogP contribution >= 0.6 is 0 Å².